The van der Waals surface area contributed by atoms with Crippen molar-refractivity contribution >= 4 is 5.91 Å². The Hall–Kier alpha value is -2.39. The number of carbonyl (C=O) groups is 1. The molecule has 0 unspecified atom stereocenters. The van der Waals surface area contributed by atoms with Crippen LogP contribution in [0, 0.1) is 11.8 Å². The molecule has 3 heteroatoms. The maximum absolute atomic E-state index is 13.6. The molecule has 2 aromatic carbocycles. The molecule has 2 aliphatic heterocycles. The quantitative estimate of drug-likeness (QED) is 0.669. The molecule has 2 atom stereocenters. The van der Waals surface area contributed by atoms with Gasteiger partial charge in [0.05, 0.1) is 0 Å². The number of nitrogens with zero attached hydrogens (tertiary/aromatic N) is 1. The van der Waals surface area contributed by atoms with Crippen molar-refractivity contribution in [3.05, 3.63) is 82.4 Å². The lowest BCUT2D eigenvalue weighted by Gasteiger charge is -2.57. The summed E-state index contributed by atoms with van der Waals surface area (Å²) in [5.74, 6) is 0.886. The Morgan fingerprint density at radius 3 is 2.07 bits per heavy atom. The van der Waals surface area contributed by atoms with E-state index < -0.39 is 11.1 Å². The van der Waals surface area contributed by atoms with Gasteiger partial charge in [0.25, 0.3) is 0 Å². The molecule has 3 nitrogen and oxygen atoms in total. The third kappa shape index (κ3) is 2.11. The van der Waals surface area contributed by atoms with Crippen LogP contribution in [0.15, 0.2) is 60.2 Å². The minimum Gasteiger partial charge on any atom is -0.273 e. The standard InChI is InChI=1S/C25H27NO2/c1-16-13-14-17(2)18(16)15-23(27)26-24(3)19-9-5-7-11-21(19)25(4,28-26)22-12-8-6-10-20(22)24/h5-13,17-18H,14-15H2,1-4H3/t17-,18-,24?,25?/m1/s1. The second kappa shape index (κ2) is 5.81. The van der Waals surface area contributed by atoms with Crippen molar-refractivity contribution in [3.63, 3.8) is 0 Å². The van der Waals surface area contributed by atoms with Crippen molar-refractivity contribution in [2.75, 3.05) is 0 Å². The van der Waals surface area contributed by atoms with Crippen molar-refractivity contribution < 1.29 is 9.63 Å². The maximum Gasteiger partial charge on any atom is 0.247 e. The first-order valence-corrected chi connectivity index (χ1v) is 10.3. The lowest BCUT2D eigenvalue weighted by molar-refractivity contribution is -0.283. The van der Waals surface area contributed by atoms with E-state index in [4.69, 9.17) is 4.84 Å². The molecule has 28 heavy (non-hydrogen) atoms. The molecular formula is C25H27NO2. The van der Waals surface area contributed by atoms with Gasteiger partial charge >= 0.3 is 0 Å². The number of hydrogen-bond acceptors (Lipinski definition) is 2. The van der Waals surface area contributed by atoms with Crippen LogP contribution in [0.5, 0.6) is 0 Å². The highest BCUT2D eigenvalue weighted by molar-refractivity contribution is 5.79. The third-order valence-corrected chi connectivity index (χ3v) is 7.32. The Morgan fingerprint density at radius 2 is 1.57 bits per heavy atom. The van der Waals surface area contributed by atoms with Crippen LogP contribution in [-0.4, -0.2) is 11.0 Å². The highest BCUT2D eigenvalue weighted by Gasteiger charge is 2.58. The van der Waals surface area contributed by atoms with Gasteiger partial charge in [0, 0.05) is 6.42 Å². The topological polar surface area (TPSA) is 29.5 Å². The first-order chi connectivity index (χ1) is 13.4. The van der Waals surface area contributed by atoms with Crippen LogP contribution >= 0.6 is 0 Å². The smallest absolute Gasteiger partial charge is 0.247 e. The molecule has 0 radical (unpaired) electrons. The van der Waals surface area contributed by atoms with Crippen LogP contribution in [0.25, 0.3) is 0 Å². The zero-order chi connectivity index (χ0) is 19.7. The maximum atomic E-state index is 13.6. The highest BCUT2D eigenvalue weighted by atomic mass is 16.7. The number of fused-ring (bicyclic) bond motifs is 1. The number of hydrogen-bond donors (Lipinski definition) is 0. The van der Waals surface area contributed by atoms with Crippen LogP contribution < -0.4 is 0 Å². The Balaban J connectivity index is 1.63. The molecule has 0 saturated carbocycles. The fourth-order valence-corrected chi connectivity index (χ4v) is 5.60. The monoisotopic (exact) mass is 373 g/mol. The van der Waals surface area contributed by atoms with E-state index in [1.165, 1.54) is 16.7 Å². The fraction of sp³-hybridized carbons (Fsp3) is 0.400. The van der Waals surface area contributed by atoms with Gasteiger partial charge in [0.2, 0.25) is 5.91 Å². The molecule has 4 aliphatic rings. The summed E-state index contributed by atoms with van der Waals surface area (Å²) in [5, 5.41) is 1.69. The number of rotatable bonds is 2. The van der Waals surface area contributed by atoms with Gasteiger partial charge in [-0.05, 0) is 61.3 Å². The van der Waals surface area contributed by atoms with Crippen LogP contribution in [-0.2, 0) is 20.8 Å². The van der Waals surface area contributed by atoms with Crippen molar-refractivity contribution in [2.24, 2.45) is 11.8 Å². The van der Waals surface area contributed by atoms with Gasteiger partial charge < -0.3 is 0 Å². The molecule has 2 bridgehead atoms. The molecule has 0 aromatic heterocycles. The van der Waals surface area contributed by atoms with E-state index in [0.717, 1.165) is 17.5 Å². The molecule has 2 heterocycles. The van der Waals surface area contributed by atoms with Crippen molar-refractivity contribution in [1.82, 2.24) is 5.06 Å². The average molecular weight is 373 g/mol. The molecule has 144 valence electrons. The minimum absolute atomic E-state index is 0.0734. The molecule has 1 amide bonds. The lowest BCUT2D eigenvalue weighted by atomic mass is 9.65. The normalized spacial score (nSPS) is 32.7. The van der Waals surface area contributed by atoms with Gasteiger partial charge in [0.1, 0.15) is 11.1 Å². The summed E-state index contributed by atoms with van der Waals surface area (Å²) in [5.41, 5.74) is 4.73. The van der Waals surface area contributed by atoms with Gasteiger partial charge in [-0.25, -0.2) is 5.06 Å². The second-order valence-electron chi connectivity index (χ2n) is 8.95. The van der Waals surface area contributed by atoms with Crippen LogP contribution in [0.4, 0.5) is 0 Å². The van der Waals surface area contributed by atoms with Crippen LogP contribution in [0.3, 0.4) is 0 Å². The number of hydroxylamine groups is 2. The fourth-order valence-electron chi connectivity index (χ4n) is 5.60. The molecule has 2 aliphatic carbocycles. The first-order valence-electron chi connectivity index (χ1n) is 10.3. The summed E-state index contributed by atoms with van der Waals surface area (Å²) in [6.07, 6.45) is 3.84. The number of allylic oxidation sites excluding steroid dienone is 2. The van der Waals surface area contributed by atoms with Gasteiger partial charge in [-0.2, -0.15) is 0 Å². The molecule has 0 fully saturated rings. The van der Waals surface area contributed by atoms with Crippen LogP contribution in [0.2, 0.25) is 0 Å². The Labute approximate surface area is 167 Å². The minimum atomic E-state index is -0.646. The molecule has 0 N–H and O–H groups in total. The van der Waals surface area contributed by atoms with Gasteiger partial charge in [-0.15, -0.1) is 0 Å². The van der Waals surface area contributed by atoms with Crippen molar-refractivity contribution in [3.8, 4) is 0 Å². The van der Waals surface area contributed by atoms with Crippen molar-refractivity contribution in [1.29, 1.82) is 0 Å². The van der Waals surface area contributed by atoms with E-state index in [1.54, 1.807) is 5.06 Å². The van der Waals surface area contributed by atoms with Gasteiger partial charge in [0.15, 0.2) is 0 Å². The summed E-state index contributed by atoms with van der Waals surface area (Å²) in [7, 11) is 0. The lowest BCUT2D eigenvalue weighted by Crippen LogP contribution is -2.61. The average Bonchev–Trinajstić information content (AvgIpc) is 3.02. The summed E-state index contributed by atoms with van der Waals surface area (Å²) >= 11 is 0. The van der Waals surface area contributed by atoms with E-state index in [2.05, 4.69) is 82.3 Å². The number of carbonyl (C=O) groups excluding carboxylic acids is 1. The summed E-state index contributed by atoms with van der Waals surface area (Å²) in [4.78, 5) is 20.1. The van der Waals surface area contributed by atoms with E-state index in [1.807, 2.05) is 0 Å². The molecular weight excluding hydrogens is 346 g/mol. The number of benzene rings is 2. The second-order valence-corrected chi connectivity index (χ2v) is 8.95. The predicted molar refractivity (Wildman–Crippen MR) is 109 cm³/mol. The Bertz CT molecular complexity index is 958. The largest absolute Gasteiger partial charge is 0.273 e. The van der Waals surface area contributed by atoms with E-state index in [9.17, 15) is 4.79 Å². The van der Waals surface area contributed by atoms with Crippen LogP contribution in [0.1, 0.15) is 62.8 Å². The van der Waals surface area contributed by atoms with E-state index in [0.29, 0.717) is 18.3 Å². The molecule has 0 saturated heterocycles. The predicted octanol–water partition coefficient (Wildman–Crippen LogP) is 5.29. The molecule has 0 spiro atoms. The zero-order valence-electron chi connectivity index (χ0n) is 17.0. The van der Waals surface area contributed by atoms with Crippen molar-refractivity contribution in [2.45, 2.75) is 51.7 Å². The van der Waals surface area contributed by atoms with E-state index in [-0.39, 0.29) is 5.91 Å². The third-order valence-electron chi connectivity index (χ3n) is 7.32. The van der Waals surface area contributed by atoms with Gasteiger partial charge in [-0.3, -0.25) is 9.63 Å². The highest BCUT2D eigenvalue weighted by Crippen LogP contribution is 2.57. The number of amides is 1. The summed E-state index contributed by atoms with van der Waals surface area (Å²) in [6.45, 7) is 8.61. The SMILES string of the molecule is CC1=CC[C@@H](C)[C@@H]1CC(=O)N1OC2(C)c3ccccc3C1(C)c1ccccc12. The zero-order valence-corrected chi connectivity index (χ0v) is 17.0. The molecule has 2 aromatic rings. The first kappa shape index (κ1) is 17.7. The summed E-state index contributed by atoms with van der Waals surface area (Å²) in [6, 6.07) is 16.8. The van der Waals surface area contributed by atoms with Gasteiger partial charge in [-0.1, -0.05) is 67.1 Å². The van der Waals surface area contributed by atoms with E-state index >= 15 is 0 Å². The summed E-state index contributed by atoms with van der Waals surface area (Å²) < 4.78 is 0. The Morgan fingerprint density at radius 1 is 1.04 bits per heavy atom. The Kier molecular flexibility index (Phi) is 3.67. The molecule has 6 rings (SSSR count).